The van der Waals surface area contributed by atoms with Crippen LogP contribution in [-0.4, -0.2) is 95.7 Å². The van der Waals surface area contributed by atoms with Crippen molar-refractivity contribution < 1.29 is 14.3 Å². The zero-order chi connectivity index (χ0) is 22.4. The Morgan fingerprint density at radius 3 is 2.39 bits per heavy atom. The van der Waals surface area contributed by atoms with Gasteiger partial charge in [0.05, 0.1) is 0 Å². The monoisotopic (exact) mass is 431 g/mol. The van der Waals surface area contributed by atoms with E-state index in [4.69, 9.17) is 4.74 Å². The minimum Gasteiger partial charge on any atom is -0.444 e. The fourth-order valence-electron chi connectivity index (χ4n) is 4.27. The number of rotatable bonds is 5. The number of alkyl carbamates (subject to hydrolysis) is 1. The molecular formula is C23H37N5O3. The lowest BCUT2D eigenvalue weighted by molar-refractivity contribution is -0.135. The Kier molecular flexibility index (Phi) is 7.89. The van der Waals surface area contributed by atoms with Crippen molar-refractivity contribution >= 4 is 12.0 Å². The SMILES string of the molecule is CN1CCC(N2CCN(C(=O)[C@@H](Cc3ccccn3)NC(=O)OC(C)(C)C)CC2)CC1. The minimum atomic E-state index is -0.695. The molecule has 2 amide bonds. The Morgan fingerprint density at radius 1 is 1.13 bits per heavy atom. The maximum atomic E-state index is 13.3. The first-order valence-electron chi connectivity index (χ1n) is 11.3. The Bertz CT molecular complexity index is 720. The van der Waals surface area contributed by atoms with Crippen LogP contribution in [0.2, 0.25) is 0 Å². The van der Waals surface area contributed by atoms with Gasteiger partial charge in [-0.15, -0.1) is 0 Å². The van der Waals surface area contributed by atoms with Gasteiger partial charge in [-0.2, -0.15) is 0 Å². The molecule has 2 aliphatic heterocycles. The van der Waals surface area contributed by atoms with Crippen molar-refractivity contribution in [1.29, 1.82) is 0 Å². The van der Waals surface area contributed by atoms with Crippen molar-refractivity contribution in [1.82, 2.24) is 25.0 Å². The van der Waals surface area contributed by atoms with E-state index in [1.807, 2.05) is 43.9 Å². The predicted octanol–water partition coefficient (Wildman–Crippen LogP) is 1.76. The van der Waals surface area contributed by atoms with Crippen LogP contribution in [0.1, 0.15) is 39.3 Å². The number of carbonyl (C=O) groups is 2. The Balaban J connectivity index is 1.60. The van der Waals surface area contributed by atoms with Gasteiger partial charge in [0.15, 0.2) is 0 Å². The van der Waals surface area contributed by atoms with Gasteiger partial charge < -0.3 is 19.9 Å². The van der Waals surface area contributed by atoms with E-state index in [1.165, 1.54) is 12.8 Å². The normalized spacial score (nSPS) is 20.3. The zero-order valence-corrected chi connectivity index (χ0v) is 19.3. The summed E-state index contributed by atoms with van der Waals surface area (Å²) in [6.45, 7) is 10.8. The van der Waals surface area contributed by atoms with Crippen LogP contribution in [-0.2, 0) is 16.0 Å². The van der Waals surface area contributed by atoms with Gasteiger partial charge in [-0.3, -0.25) is 14.7 Å². The van der Waals surface area contributed by atoms with Crippen molar-refractivity contribution in [3.63, 3.8) is 0 Å². The van der Waals surface area contributed by atoms with E-state index in [1.54, 1.807) is 6.20 Å². The van der Waals surface area contributed by atoms with Crippen molar-refractivity contribution in [3.05, 3.63) is 30.1 Å². The van der Waals surface area contributed by atoms with E-state index in [0.29, 0.717) is 25.6 Å². The molecule has 0 aliphatic carbocycles. The van der Waals surface area contributed by atoms with Crippen LogP contribution >= 0.6 is 0 Å². The highest BCUT2D eigenvalue weighted by Gasteiger charge is 2.32. The lowest BCUT2D eigenvalue weighted by Crippen LogP contribution is -2.58. The summed E-state index contributed by atoms with van der Waals surface area (Å²) >= 11 is 0. The number of ether oxygens (including phenoxy) is 1. The number of piperazine rings is 1. The molecule has 3 rings (SSSR count). The zero-order valence-electron chi connectivity index (χ0n) is 19.3. The molecule has 1 aromatic heterocycles. The highest BCUT2D eigenvalue weighted by molar-refractivity contribution is 5.86. The number of hydrogen-bond acceptors (Lipinski definition) is 6. The molecular weight excluding hydrogens is 394 g/mol. The quantitative estimate of drug-likeness (QED) is 0.766. The number of nitrogens with one attached hydrogen (secondary N) is 1. The fraction of sp³-hybridized carbons (Fsp3) is 0.696. The molecule has 2 fully saturated rings. The second-order valence-corrected chi connectivity index (χ2v) is 9.62. The van der Waals surface area contributed by atoms with E-state index < -0.39 is 17.7 Å². The first kappa shape index (κ1) is 23.5. The smallest absolute Gasteiger partial charge is 0.408 e. The third-order valence-corrected chi connectivity index (χ3v) is 5.96. The van der Waals surface area contributed by atoms with E-state index in [9.17, 15) is 9.59 Å². The van der Waals surface area contributed by atoms with Crippen LogP contribution in [0.25, 0.3) is 0 Å². The van der Waals surface area contributed by atoms with Gasteiger partial charge in [0, 0.05) is 50.5 Å². The van der Waals surface area contributed by atoms with E-state index >= 15 is 0 Å². The molecule has 0 radical (unpaired) electrons. The molecule has 8 nitrogen and oxygen atoms in total. The summed E-state index contributed by atoms with van der Waals surface area (Å²) in [5.74, 6) is -0.0699. The summed E-state index contributed by atoms with van der Waals surface area (Å²) in [6, 6.07) is 5.51. The van der Waals surface area contributed by atoms with Crippen molar-refractivity contribution in [2.75, 3.05) is 46.3 Å². The molecule has 1 N–H and O–H groups in total. The van der Waals surface area contributed by atoms with Crippen LogP contribution in [0.5, 0.6) is 0 Å². The van der Waals surface area contributed by atoms with Crippen molar-refractivity contribution in [2.45, 2.75) is 57.7 Å². The number of hydrogen-bond donors (Lipinski definition) is 1. The summed E-state index contributed by atoms with van der Waals surface area (Å²) < 4.78 is 5.40. The van der Waals surface area contributed by atoms with Crippen LogP contribution in [0.4, 0.5) is 4.79 Å². The number of nitrogens with zero attached hydrogens (tertiary/aromatic N) is 4. The van der Waals surface area contributed by atoms with E-state index in [2.05, 4.69) is 27.1 Å². The second kappa shape index (κ2) is 10.4. The van der Waals surface area contributed by atoms with Crippen LogP contribution < -0.4 is 5.32 Å². The molecule has 0 unspecified atom stereocenters. The molecule has 0 aromatic carbocycles. The van der Waals surface area contributed by atoms with Crippen LogP contribution in [0.3, 0.4) is 0 Å². The predicted molar refractivity (Wildman–Crippen MR) is 120 cm³/mol. The second-order valence-electron chi connectivity index (χ2n) is 9.62. The summed E-state index contributed by atoms with van der Waals surface area (Å²) in [6.07, 6.45) is 3.84. The molecule has 0 spiro atoms. The van der Waals surface area contributed by atoms with Gasteiger partial charge in [-0.1, -0.05) is 6.07 Å². The molecule has 1 aromatic rings. The Morgan fingerprint density at radius 2 is 1.81 bits per heavy atom. The van der Waals surface area contributed by atoms with Gasteiger partial charge in [-0.05, 0) is 65.9 Å². The minimum absolute atomic E-state index is 0.0699. The number of amides is 2. The standard InChI is InChI=1S/C23H37N5O3/c1-23(2,3)31-22(30)25-20(17-18-7-5-6-10-24-18)21(29)28-15-13-27(14-16-28)19-8-11-26(4)12-9-19/h5-7,10,19-20H,8-9,11-17H2,1-4H3,(H,25,30)/t20-/m1/s1. The third-order valence-electron chi connectivity index (χ3n) is 5.96. The van der Waals surface area contributed by atoms with Crippen LogP contribution in [0, 0.1) is 0 Å². The molecule has 2 saturated heterocycles. The van der Waals surface area contributed by atoms with E-state index in [-0.39, 0.29) is 5.91 Å². The molecule has 8 heteroatoms. The van der Waals surface area contributed by atoms with Gasteiger partial charge >= 0.3 is 6.09 Å². The molecule has 1 atom stereocenters. The topological polar surface area (TPSA) is 78.0 Å². The lowest BCUT2D eigenvalue weighted by atomic mass is 10.0. The van der Waals surface area contributed by atoms with E-state index in [0.717, 1.165) is 31.9 Å². The molecule has 0 bridgehead atoms. The highest BCUT2D eigenvalue weighted by Crippen LogP contribution is 2.18. The molecule has 3 heterocycles. The Hall–Kier alpha value is -2.19. The summed E-state index contributed by atoms with van der Waals surface area (Å²) in [5, 5.41) is 2.79. The average molecular weight is 432 g/mol. The highest BCUT2D eigenvalue weighted by atomic mass is 16.6. The van der Waals surface area contributed by atoms with Crippen LogP contribution in [0.15, 0.2) is 24.4 Å². The lowest BCUT2D eigenvalue weighted by Gasteiger charge is -2.42. The third kappa shape index (κ3) is 7.18. The van der Waals surface area contributed by atoms with Crippen molar-refractivity contribution in [3.8, 4) is 0 Å². The van der Waals surface area contributed by atoms with Gasteiger partial charge in [0.2, 0.25) is 5.91 Å². The molecule has 2 aliphatic rings. The number of likely N-dealkylation sites (tertiary alicyclic amines) is 1. The summed E-state index contributed by atoms with van der Waals surface area (Å²) in [4.78, 5) is 36.8. The first-order chi connectivity index (χ1) is 14.7. The maximum absolute atomic E-state index is 13.3. The number of aromatic nitrogens is 1. The molecule has 0 saturated carbocycles. The number of pyridine rings is 1. The largest absolute Gasteiger partial charge is 0.444 e. The molecule has 31 heavy (non-hydrogen) atoms. The summed E-state index contributed by atoms with van der Waals surface area (Å²) in [5.41, 5.74) is 0.143. The fourth-order valence-corrected chi connectivity index (χ4v) is 4.27. The summed E-state index contributed by atoms with van der Waals surface area (Å²) in [7, 11) is 2.17. The van der Waals surface area contributed by atoms with Gasteiger partial charge in [0.25, 0.3) is 0 Å². The average Bonchev–Trinajstić information content (AvgIpc) is 2.73. The first-order valence-corrected chi connectivity index (χ1v) is 11.3. The Labute approximate surface area is 185 Å². The maximum Gasteiger partial charge on any atom is 0.408 e. The van der Waals surface area contributed by atoms with Gasteiger partial charge in [-0.25, -0.2) is 4.79 Å². The molecule has 172 valence electrons. The number of piperidine rings is 1. The number of carbonyl (C=O) groups excluding carboxylic acids is 2. The van der Waals surface area contributed by atoms with Gasteiger partial charge in [0.1, 0.15) is 11.6 Å². The van der Waals surface area contributed by atoms with Crippen molar-refractivity contribution in [2.24, 2.45) is 0 Å².